The van der Waals surface area contributed by atoms with Crippen molar-refractivity contribution >= 4 is 5.91 Å². The Balaban J connectivity index is 3.49. The molecule has 0 aliphatic carbocycles. The van der Waals surface area contributed by atoms with Gasteiger partial charge in [0.25, 0.3) is 0 Å². The molecule has 0 saturated heterocycles. The standard InChI is InChI=1S/C47H93NO3/c1-3-5-7-9-11-13-15-17-19-21-22-23-24-25-26-27-29-31-33-35-37-39-41-43-47(51)48-45(44-49)46(50)42-40-38-36-34-32-30-28-20-18-16-14-12-10-8-6-4-2/h40,42,45-46,49-50H,3-39,41,43-44H2,1-2H3,(H,48,51)/b42-40+. The fourth-order valence-electron chi connectivity index (χ4n) is 7.42. The van der Waals surface area contributed by atoms with Crippen LogP contribution >= 0.6 is 0 Å². The minimum atomic E-state index is -0.833. The van der Waals surface area contributed by atoms with Crippen molar-refractivity contribution in [3.63, 3.8) is 0 Å². The summed E-state index contributed by atoms with van der Waals surface area (Å²) in [5.41, 5.74) is 0. The Labute approximate surface area is 320 Å². The zero-order chi connectivity index (χ0) is 37.1. The van der Waals surface area contributed by atoms with Gasteiger partial charge in [0.2, 0.25) is 5.91 Å². The number of amides is 1. The van der Waals surface area contributed by atoms with Gasteiger partial charge in [0.1, 0.15) is 0 Å². The van der Waals surface area contributed by atoms with E-state index in [1.54, 1.807) is 6.08 Å². The van der Waals surface area contributed by atoms with E-state index in [1.807, 2.05) is 6.08 Å². The molecular formula is C47H93NO3. The molecule has 0 radical (unpaired) electrons. The Morgan fingerprint density at radius 1 is 0.451 bits per heavy atom. The highest BCUT2D eigenvalue weighted by molar-refractivity contribution is 5.76. The Bertz CT molecular complexity index is 695. The van der Waals surface area contributed by atoms with E-state index in [-0.39, 0.29) is 12.5 Å². The average Bonchev–Trinajstić information content (AvgIpc) is 3.13. The summed E-state index contributed by atoms with van der Waals surface area (Å²) in [5, 5.41) is 23.0. The lowest BCUT2D eigenvalue weighted by Crippen LogP contribution is -2.45. The first kappa shape index (κ1) is 50.1. The van der Waals surface area contributed by atoms with Crippen molar-refractivity contribution in [2.45, 2.75) is 276 Å². The molecule has 0 fully saturated rings. The lowest BCUT2D eigenvalue weighted by atomic mass is 10.0. The first-order valence-electron chi connectivity index (χ1n) is 23.4. The van der Waals surface area contributed by atoms with Crippen molar-refractivity contribution in [3.05, 3.63) is 12.2 Å². The van der Waals surface area contributed by atoms with Crippen LogP contribution in [0, 0.1) is 0 Å². The number of rotatable bonds is 43. The van der Waals surface area contributed by atoms with E-state index in [2.05, 4.69) is 19.2 Å². The summed E-state index contributed by atoms with van der Waals surface area (Å²) in [7, 11) is 0. The van der Waals surface area contributed by atoms with E-state index in [0.717, 1.165) is 25.7 Å². The molecule has 1 amide bonds. The fraction of sp³-hybridized carbons (Fsp3) is 0.936. The van der Waals surface area contributed by atoms with Crippen molar-refractivity contribution in [2.75, 3.05) is 6.61 Å². The quantitative estimate of drug-likeness (QED) is 0.0434. The highest BCUT2D eigenvalue weighted by Gasteiger charge is 2.18. The Kier molecular flexibility index (Phi) is 42.8. The number of nitrogens with one attached hydrogen (secondary N) is 1. The third-order valence-electron chi connectivity index (χ3n) is 11.0. The van der Waals surface area contributed by atoms with Crippen LogP contribution in [0.1, 0.15) is 264 Å². The molecule has 2 atom stereocenters. The average molecular weight is 720 g/mol. The Morgan fingerprint density at radius 2 is 0.725 bits per heavy atom. The van der Waals surface area contributed by atoms with Gasteiger partial charge >= 0.3 is 0 Å². The van der Waals surface area contributed by atoms with E-state index < -0.39 is 12.1 Å². The number of carbonyl (C=O) groups excluding carboxylic acids is 1. The lowest BCUT2D eigenvalue weighted by Gasteiger charge is -2.20. The number of hydrogen-bond donors (Lipinski definition) is 3. The van der Waals surface area contributed by atoms with E-state index in [0.29, 0.717) is 6.42 Å². The fourth-order valence-corrected chi connectivity index (χ4v) is 7.42. The largest absolute Gasteiger partial charge is 0.394 e. The van der Waals surface area contributed by atoms with Gasteiger partial charge in [0.05, 0.1) is 18.8 Å². The van der Waals surface area contributed by atoms with Gasteiger partial charge in [-0.05, 0) is 19.3 Å². The number of allylic oxidation sites excluding steroid dienone is 1. The topological polar surface area (TPSA) is 69.6 Å². The molecule has 2 unspecified atom stereocenters. The van der Waals surface area contributed by atoms with Crippen LogP contribution in [0.2, 0.25) is 0 Å². The van der Waals surface area contributed by atoms with Gasteiger partial charge in [-0.3, -0.25) is 4.79 Å². The molecule has 3 N–H and O–H groups in total. The van der Waals surface area contributed by atoms with Crippen LogP contribution in [-0.4, -0.2) is 34.9 Å². The van der Waals surface area contributed by atoms with Crippen molar-refractivity contribution in [3.8, 4) is 0 Å². The maximum Gasteiger partial charge on any atom is 0.220 e. The number of aliphatic hydroxyl groups excluding tert-OH is 2. The van der Waals surface area contributed by atoms with Crippen LogP contribution in [0.3, 0.4) is 0 Å². The third kappa shape index (κ3) is 40.2. The molecular weight excluding hydrogens is 627 g/mol. The predicted octanol–water partition coefficient (Wildman–Crippen LogP) is 14.6. The summed E-state index contributed by atoms with van der Waals surface area (Å²) in [5.74, 6) is -0.0584. The van der Waals surface area contributed by atoms with Crippen molar-refractivity contribution in [2.24, 2.45) is 0 Å². The summed E-state index contributed by atoms with van der Waals surface area (Å²) >= 11 is 0. The Hall–Kier alpha value is -0.870. The zero-order valence-corrected chi connectivity index (χ0v) is 34.9. The minimum Gasteiger partial charge on any atom is -0.394 e. The third-order valence-corrected chi connectivity index (χ3v) is 11.0. The van der Waals surface area contributed by atoms with Crippen molar-refractivity contribution in [1.82, 2.24) is 5.32 Å². The molecule has 0 bridgehead atoms. The SMILES string of the molecule is CCCCCCCCCCCCCCCC/C=C/C(O)C(CO)NC(=O)CCCCCCCCCCCCCCCCCCCCCCCCC. The van der Waals surface area contributed by atoms with Crippen LogP contribution in [0.15, 0.2) is 12.2 Å². The molecule has 0 aromatic carbocycles. The summed E-state index contributed by atoms with van der Waals surface area (Å²) in [6, 6.07) is -0.616. The van der Waals surface area contributed by atoms with Gasteiger partial charge in [-0.1, -0.05) is 251 Å². The number of hydrogen-bond acceptors (Lipinski definition) is 3. The van der Waals surface area contributed by atoms with Gasteiger partial charge < -0.3 is 15.5 Å². The molecule has 0 heterocycles. The molecule has 0 aromatic heterocycles. The van der Waals surface area contributed by atoms with E-state index in [4.69, 9.17) is 0 Å². The molecule has 0 aliphatic heterocycles. The second-order valence-corrected chi connectivity index (χ2v) is 16.2. The molecule has 0 saturated carbocycles. The molecule has 304 valence electrons. The maximum absolute atomic E-state index is 12.4. The van der Waals surface area contributed by atoms with Crippen LogP contribution in [0.25, 0.3) is 0 Å². The van der Waals surface area contributed by atoms with Crippen molar-refractivity contribution < 1.29 is 15.0 Å². The molecule has 0 aliphatic rings. The predicted molar refractivity (Wildman–Crippen MR) is 226 cm³/mol. The van der Waals surface area contributed by atoms with Crippen LogP contribution in [0.4, 0.5) is 0 Å². The van der Waals surface area contributed by atoms with E-state index in [9.17, 15) is 15.0 Å². The summed E-state index contributed by atoms with van der Waals surface area (Å²) in [4.78, 5) is 12.4. The first-order valence-corrected chi connectivity index (χ1v) is 23.4. The molecule has 0 aromatic rings. The van der Waals surface area contributed by atoms with Crippen LogP contribution < -0.4 is 5.32 Å². The van der Waals surface area contributed by atoms with Gasteiger partial charge in [-0.2, -0.15) is 0 Å². The van der Waals surface area contributed by atoms with E-state index >= 15 is 0 Å². The van der Waals surface area contributed by atoms with Gasteiger partial charge in [-0.25, -0.2) is 0 Å². The molecule has 4 nitrogen and oxygen atoms in total. The van der Waals surface area contributed by atoms with Crippen LogP contribution in [0.5, 0.6) is 0 Å². The lowest BCUT2D eigenvalue weighted by molar-refractivity contribution is -0.123. The number of unbranched alkanes of at least 4 members (excludes halogenated alkanes) is 36. The molecule has 51 heavy (non-hydrogen) atoms. The summed E-state index contributed by atoms with van der Waals surface area (Å²) in [6.07, 6.45) is 54.7. The van der Waals surface area contributed by atoms with Gasteiger partial charge in [0, 0.05) is 6.42 Å². The van der Waals surface area contributed by atoms with Gasteiger partial charge in [-0.15, -0.1) is 0 Å². The normalized spacial score (nSPS) is 12.9. The second-order valence-electron chi connectivity index (χ2n) is 16.2. The summed E-state index contributed by atoms with van der Waals surface area (Å²) < 4.78 is 0. The second kappa shape index (κ2) is 43.5. The molecule has 0 rings (SSSR count). The number of aliphatic hydroxyl groups is 2. The highest BCUT2D eigenvalue weighted by atomic mass is 16.3. The minimum absolute atomic E-state index is 0.0584. The smallest absolute Gasteiger partial charge is 0.220 e. The summed E-state index contributed by atoms with van der Waals surface area (Å²) in [6.45, 7) is 4.33. The highest BCUT2D eigenvalue weighted by Crippen LogP contribution is 2.17. The maximum atomic E-state index is 12.4. The monoisotopic (exact) mass is 720 g/mol. The zero-order valence-electron chi connectivity index (χ0n) is 34.9. The number of carbonyl (C=O) groups is 1. The Morgan fingerprint density at radius 3 is 1.02 bits per heavy atom. The molecule has 4 heteroatoms. The van der Waals surface area contributed by atoms with Gasteiger partial charge in [0.15, 0.2) is 0 Å². The van der Waals surface area contributed by atoms with Crippen LogP contribution in [-0.2, 0) is 4.79 Å². The molecule has 0 spiro atoms. The van der Waals surface area contributed by atoms with E-state index in [1.165, 1.54) is 218 Å². The first-order chi connectivity index (χ1) is 25.2. The van der Waals surface area contributed by atoms with Crippen molar-refractivity contribution in [1.29, 1.82) is 0 Å².